The number of hydrogen-bond donors (Lipinski definition) is 2. The maximum atomic E-state index is 11.4. The Morgan fingerprint density at radius 2 is 2.17 bits per heavy atom. The van der Waals surface area contributed by atoms with Crippen molar-refractivity contribution >= 4 is 17.4 Å². The molecule has 1 fully saturated rings. The first kappa shape index (κ1) is 12.9. The maximum Gasteiger partial charge on any atom is 0.224 e. The smallest absolute Gasteiger partial charge is 0.224 e. The standard InChI is InChI=1S/C14H21N3O/c1-2-5-14(18)17-12-8-9-13(15-10-12)16-11-6-3-4-7-11/h8-11H,2-7H2,1H3,(H,15,16)(H,17,18). The van der Waals surface area contributed by atoms with Crippen LogP contribution in [-0.4, -0.2) is 16.9 Å². The molecule has 2 N–H and O–H groups in total. The van der Waals surface area contributed by atoms with Crippen LogP contribution in [0.3, 0.4) is 0 Å². The molecule has 0 bridgehead atoms. The van der Waals surface area contributed by atoms with Crippen LogP contribution in [0, 0.1) is 0 Å². The van der Waals surface area contributed by atoms with E-state index in [9.17, 15) is 4.79 Å². The molecule has 2 rings (SSSR count). The van der Waals surface area contributed by atoms with Crippen LogP contribution in [0.2, 0.25) is 0 Å². The van der Waals surface area contributed by atoms with Crippen molar-refractivity contribution in [1.82, 2.24) is 4.98 Å². The molecule has 1 amide bonds. The second-order valence-electron chi connectivity index (χ2n) is 4.86. The van der Waals surface area contributed by atoms with Crippen LogP contribution < -0.4 is 10.6 Å². The number of rotatable bonds is 5. The first-order valence-corrected chi connectivity index (χ1v) is 6.80. The van der Waals surface area contributed by atoms with E-state index in [2.05, 4.69) is 15.6 Å². The lowest BCUT2D eigenvalue weighted by atomic mass is 10.2. The highest BCUT2D eigenvalue weighted by Crippen LogP contribution is 2.21. The van der Waals surface area contributed by atoms with Gasteiger partial charge in [-0.2, -0.15) is 0 Å². The summed E-state index contributed by atoms with van der Waals surface area (Å²) < 4.78 is 0. The average Bonchev–Trinajstić information content (AvgIpc) is 2.85. The fraction of sp³-hybridized carbons (Fsp3) is 0.571. The van der Waals surface area contributed by atoms with Gasteiger partial charge in [-0.15, -0.1) is 0 Å². The Kier molecular flexibility index (Phi) is 4.56. The zero-order valence-corrected chi connectivity index (χ0v) is 10.9. The van der Waals surface area contributed by atoms with Crippen LogP contribution in [0.4, 0.5) is 11.5 Å². The summed E-state index contributed by atoms with van der Waals surface area (Å²) >= 11 is 0. The van der Waals surface area contributed by atoms with Gasteiger partial charge in [-0.05, 0) is 31.4 Å². The summed E-state index contributed by atoms with van der Waals surface area (Å²) in [5, 5.41) is 6.26. The van der Waals surface area contributed by atoms with E-state index in [1.807, 2.05) is 19.1 Å². The van der Waals surface area contributed by atoms with Crippen LogP contribution in [0.25, 0.3) is 0 Å². The third-order valence-corrected chi connectivity index (χ3v) is 3.23. The van der Waals surface area contributed by atoms with Crippen molar-refractivity contribution in [3.8, 4) is 0 Å². The summed E-state index contributed by atoms with van der Waals surface area (Å²) in [6.07, 6.45) is 8.21. The van der Waals surface area contributed by atoms with Crippen molar-refractivity contribution in [2.24, 2.45) is 0 Å². The number of aromatic nitrogens is 1. The van der Waals surface area contributed by atoms with Crippen molar-refractivity contribution in [3.63, 3.8) is 0 Å². The van der Waals surface area contributed by atoms with E-state index in [4.69, 9.17) is 0 Å². The molecule has 4 heteroatoms. The molecule has 0 unspecified atom stereocenters. The number of nitrogens with one attached hydrogen (secondary N) is 2. The first-order valence-electron chi connectivity index (χ1n) is 6.80. The lowest BCUT2D eigenvalue weighted by Gasteiger charge is -2.12. The van der Waals surface area contributed by atoms with Gasteiger partial charge in [-0.25, -0.2) is 4.98 Å². The van der Waals surface area contributed by atoms with Crippen LogP contribution in [0.1, 0.15) is 45.4 Å². The molecule has 0 spiro atoms. The average molecular weight is 247 g/mol. The number of carbonyl (C=O) groups excluding carboxylic acids is 1. The summed E-state index contributed by atoms with van der Waals surface area (Å²) in [5.74, 6) is 0.950. The predicted molar refractivity (Wildman–Crippen MR) is 73.7 cm³/mol. The molecule has 0 aliphatic heterocycles. The molecule has 1 aromatic heterocycles. The fourth-order valence-electron chi connectivity index (χ4n) is 2.28. The van der Waals surface area contributed by atoms with E-state index < -0.39 is 0 Å². The monoisotopic (exact) mass is 247 g/mol. The van der Waals surface area contributed by atoms with Crippen molar-refractivity contribution in [2.75, 3.05) is 10.6 Å². The molecule has 0 radical (unpaired) electrons. The lowest BCUT2D eigenvalue weighted by Crippen LogP contribution is -2.15. The van der Waals surface area contributed by atoms with Crippen molar-refractivity contribution < 1.29 is 4.79 Å². The third kappa shape index (κ3) is 3.72. The highest BCUT2D eigenvalue weighted by atomic mass is 16.1. The third-order valence-electron chi connectivity index (χ3n) is 3.23. The van der Waals surface area contributed by atoms with E-state index in [-0.39, 0.29) is 5.91 Å². The summed E-state index contributed by atoms with van der Waals surface area (Å²) in [4.78, 5) is 15.8. The molecule has 0 saturated heterocycles. The molecule has 18 heavy (non-hydrogen) atoms. The summed E-state index contributed by atoms with van der Waals surface area (Å²) in [6, 6.07) is 4.40. The van der Waals surface area contributed by atoms with Crippen LogP contribution >= 0.6 is 0 Å². The molecule has 1 aromatic rings. The van der Waals surface area contributed by atoms with Gasteiger partial charge >= 0.3 is 0 Å². The summed E-state index contributed by atoms with van der Waals surface area (Å²) in [6.45, 7) is 1.99. The highest BCUT2D eigenvalue weighted by Gasteiger charge is 2.14. The number of amides is 1. The Morgan fingerprint density at radius 3 is 2.78 bits per heavy atom. The van der Waals surface area contributed by atoms with Crippen LogP contribution in [-0.2, 0) is 4.79 Å². The van der Waals surface area contributed by atoms with Crippen molar-refractivity contribution in [2.45, 2.75) is 51.5 Å². The van der Waals surface area contributed by atoms with Gasteiger partial charge < -0.3 is 10.6 Å². The van der Waals surface area contributed by atoms with E-state index in [0.717, 1.165) is 17.9 Å². The van der Waals surface area contributed by atoms with Crippen LogP contribution in [0.15, 0.2) is 18.3 Å². The van der Waals surface area contributed by atoms with Crippen molar-refractivity contribution in [3.05, 3.63) is 18.3 Å². The zero-order valence-electron chi connectivity index (χ0n) is 10.9. The lowest BCUT2D eigenvalue weighted by molar-refractivity contribution is -0.116. The minimum Gasteiger partial charge on any atom is -0.367 e. The molecular weight excluding hydrogens is 226 g/mol. The van der Waals surface area contributed by atoms with Crippen LogP contribution in [0.5, 0.6) is 0 Å². The Balaban J connectivity index is 1.86. The highest BCUT2D eigenvalue weighted by molar-refractivity contribution is 5.90. The first-order chi connectivity index (χ1) is 8.78. The normalized spacial score (nSPS) is 15.6. The summed E-state index contributed by atoms with van der Waals surface area (Å²) in [5.41, 5.74) is 0.769. The molecule has 1 aliphatic carbocycles. The SMILES string of the molecule is CCCC(=O)Nc1ccc(NC2CCCC2)nc1. The number of hydrogen-bond acceptors (Lipinski definition) is 3. The molecule has 1 saturated carbocycles. The molecule has 1 aliphatic rings. The quantitative estimate of drug-likeness (QED) is 0.840. The maximum absolute atomic E-state index is 11.4. The van der Waals surface area contributed by atoms with Gasteiger partial charge in [0.15, 0.2) is 0 Å². The van der Waals surface area contributed by atoms with Gasteiger partial charge in [-0.1, -0.05) is 19.8 Å². The zero-order chi connectivity index (χ0) is 12.8. The Hall–Kier alpha value is -1.58. The largest absolute Gasteiger partial charge is 0.367 e. The molecule has 4 nitrogen and oxygen atoms in total. The number of nitrogens with zero attached hydrogens (tertiary/aromatic N) is 1. The predicted octanol–water partition coefficient (Wildman–Crippen LogP) is 3.17. The molecule has 98 valence electrons. The molecular formula is C14H21N3O. The van der Waals surface area contributed by atoms with Gasteiger partial charge in [0.05, 0.1) is 11.9 Å². The minimum absolute atomic E-state index is 0.0517. The van der Waals surface area contributed by atoms with Gasteiger partial charge in [0.2, 0.25) is 5.91 Å². The topological polar surface area (TPSA) is 54.0 Å². The van der Waals surface area contributed by atoms with Gasteiger partial charge in [0, 0.05) is 12.5 Å². The van der Waals surface area contributed by atoms with E-state index in [1.54, 1.807) is 6.20 Å². The van der Waals surface area contributed by atoms with E-state index in [0.29, 0.717) is 12.5 Å². The number of anilines is 2. The van der Waals surface area contributed by atoms with Gasteiger partial charge in [-0.3, -0.25) is 4.79 Å². The number of pyridine rings is 1. The van der Waals surface area contributed by atoms with Gasteiger partial charge in [0.25, 0.3) is 0 Å². The Labute approximate surface area is 108 Å². The second kappa shape index (κ2) is 6.38. The van der Waals surface area contributed by atoms with Crippen molar-refractivity contribution in [1.29, 1.82) is 0 Å². The minimum atomic E-state index is 0.0517. The molecule has 0 atom stereocenters. The van der Waals surface area contributed by atoms with Gasteiger partial charge in [0.1, 0.15) is 5.82 Å². The van der Waals surface area contributed by atoms with E-state index >= 15 is 0 Å². The summed E-state index contributed by atoms with van der Waals surface area (Å²) in [7, 11) is 0. The fourth-order valence-corrected chi connectivity index (χ4v) is 2.28. The van der Waals surface area contributed by atoms with E-state index in [1.165, 1.54) is 25.7 Å². The molecule has 1 heterocycles. The number of carbonyl (C=O) groups is 1. The molecule has 0 aromatic carbocycles. The second-order valence-corrected chi connectivity index (χ2v) is 4.86. The Bertz CT molecular complexity index is 383. The Morgan fingerprint density at radius 1 is 1.39 bits per heavy atom.